The average Bonchev–Trinajstić information content (AvgIpc) is 2.86. The number of thioether (sulfide) groups is 1. The summed E-state index contributed by atoms with van der Waals surface area (Å²) >= 11 is 1.67. The van der Waals surface area contributed by atoms with Crippen LogP contribution < -0.4 is 5.73 Å². The van der Waals surface area contributed by atoms with Crippen molar-refractivity contribution in [3.63, 3.8) is 0 Å². The maximum atomic E-state index is 14.3. The van der Waals surface area contributed by atoms with Crippen LogP contribution in [0.5, 0.6) is 5.75 Å². The Labute approximate surface area is 244 Å². The van der Waals surface area contributed by atoms with E-state index in [0.29, 0.717) is 5.56 Å². The van der Waals surface area contributed by atoms with E-state index in [1.54, 1.807) is 24.8 Å². The molecule has 9 heteroatoms. The summed E-state index contributed by atoms with van der Waals surface area (Å²) in [5.41, 5.74) is 3.13. The fraction of sp³-hybridized carbons (Fsp3) is 0.531. The second-order valence-electron chi connectivity index (χ2n) is 12.9. The van der Waals surface area contributed by atoms with Gasteiger partial charge in [0.25, 0.3) is 0 Å². The normalized spacial score (nSPS) is 36.5. The van der Waals surface area contributed by atoms with Crippen LogP contribution >= 0.6 is 11.8 Å². The number of rotatable bonds is 5. The quantitative estimate of drug-likeness (QED) is 0.266. The molecule has 0 saturated heterocycles. The number of aliphatic hydroxyl groups is 3. The number of ketones is 2. The summed E-state index contributed by atoms with van der Waals surface area (Å²) in [5, 5.41) is 46.4. The molecule has 0 spiro atoms. The average molecular weight is 582 g/mol. The van der Waals surface area contributed by atoms with Crippen molar-refractivity contribution in [3.8, 4) is 16.9 Å². The minimum atomic E-state index is -2.52. The number of aromatic hydroxyl groups is 1. The van der Waals surface area contributed by atoms with Gasteiger partial charge in [0, 0.05) is 10.3 Å². The Morgan fingerprint density at radius 1 is 1.10 bits per heavy atom. The van der Waals surface area contributed by atoms with Gasteiger partial charge >= 0.3 is 0 Å². The lowest BCUT2D eigenvalue weighted by Crippen LogP contribution is -2.79. The summed E-state index contributed by atoms with van der Waals surface area (Å²) < 4.78 is 0. The minimum absolute atomic E-state index is 0.0719. The molecule has 41 heavy (non-hydrogen) atoms. The van der Waals surface area contributed by atoms with Crippen LogP contribution in [0, 0.1) is 34.5 Å². The van der Waals surface area contributed by atoms with Crippen molar-refractivity contribution < 1.29 is 34.8 Å². The fourth-order valence-corrected chi connectivity index (χ4v) is 9.57. The number of carbonyl (C=O) groups excluding carboxylic acids is 3. The first-order valence-electron chi connectivity index (χ1n) is 14.2. The van der Waals surface area contributed by atoms with E-state index in [1.165, 1.54) is 6.07 Å². The Hall–Kier alpha value is -2.72. The second-order valence-corrected chi connectivity index (χ2v) is 14.2. The Balaban J connectivity index is 1.73. The molecule has 220 valence electrons. The monoisotopic (exact) mass is 581 g/mol. The Morgan fingerprint density at radius 3 is 2.37 bits per heavy atom. The van der Waals surface area contributed by atoms with Crippen LogP contribution in [-0.2, 0) is 16.0 Å². The molecule has 8 nitrogen and oxygen atoms in total. The third-order valence-electron chi connectivity index (χ3n) is 10.1. The Morgan fingerprint density at radius 2 is 1.76 bits per heavy atom. The molecule has 0 radical (unpaired) electrons. The molecule has 0 aliphatic heterocycles. The third-order valence-corrected chi connectivity index (χ3v) is 11.1. The van der Waals surface area contributed by atoms with Crippen LogP contribution in [0.4, 0.5) is 0 Å². The molecule has 2 saturated carbocycles. The summed E-state index contributed by atoms with van der Waals surface area (Å²) in [7, 11) is 0. The van der Waals surface area contributed by atoms with Gasteiger partial charge in [0.15, 0.2) is 17.2 Å². The van der Waals surface area contributed by atoms with Gasteiger partial charge < -0.3 is 26.2 Å². The number of fused-ring (bicyclic) bond motifs is 3. The highest BCUT2D eigenvalue weighted by Gasteiger charge is 2.75. The van der Waals surface area contributed by atoms with Crippen LogP contribution in [0.3, 0.4) is 0 Å². The number of nitrogens with two attached hydrogens (primary N) is 1. The zero-order chi connectivity index (χ0) is 30.2. The van der Waals surface area contributed by atoms with Crippen LogP contribution in [0.15, 0.2) is 41.3 Å². The SMILES string of the molecule is CCSc1ccccc1-c1ccc(O)c2c1C[C@]1(C)C[C@]3(C)[C@@H](C(C)C)C(O)C(C(N)=O)C(=O)[C@]3(O)C(O)C1C2=O. The zero-order valence-corrected chi connectivity index (χ0v) is 24.9. The molecule has 2 fully saturated rings. The lowest BCUT2D eigenvalue weighted by atomic mass is 9.39. The molecule has 2 aromatic carbocycles. The molecule has 3 aliphatic rings. The molecule has 0 bridgehead atoms. The largest absolute Gasteiger partial charge is 0.507 e. The summed E-state index contributed by atoms with van der Waals surface area (Å²) in [5.74, 6) is -6.14. The molecule has 0 heterocycles. The van der Waals surface area contributed by atoms with Crippen LogP contribution in [0.25, 0.3) is 11.1 Å². The number of hydrogen-bond donors (Lipinski definition) is 5. The van der Waals surface area contributed by atoms with Crippen molar-refractivity contribution in [1.29, 1.82) is 0 Å². The number of Topliss-reactive ketones (excluding diaryl/α,β-unsaturated/α-hetero) is 2. The lowest BCUT2D eigenvalue weighted by Gasteiger charge is -2.66. The first-order chi connectivity index (χ1) is 19.2. The molecular weight excluding hydrogens is 542 g/mol. The highest BCUT2D eigenvalue weighted by molar-refractivity contribution is 7.99. The van der Waals surface area contributed by atoms with Crippen molar-refractivity contribution in [3.05, 3.63) is 47.5 Å². The summed E-state index contributed by atoms with van der Waals surface area (Å²) in [4.78, 5) is 41.6. The van der Waals surface area contributed by atoms with Gasteiger partial charge in [-0.05, 0) is 64.7 Å². The topological polar surface area (TPSA) is 158 Å². The number of carbonyl (C=O) groups is 3. The minimum Gasteiger partial charge on any atom is -0.507 e. The van der Waals surface area contributed by atoms with E-state index >= 15 is 0 Å². The second kappa shape index (κ2) is 9.93. The van der Waals surface area contributed by atoms with Crippen molar-refractivity contribution in [2.24, 2.45) is 40.2 Å². The molecule has 8 atom stereocenters. The predicted molar refractivity (Wildman–Crippen MR) is 155 cm³/mol. The summed E-state index contributed by atoms with van der Waals surface area (Å²) in [6, 6.07) is 11.1. The first kappa shape index (κ1) is 29.8. The van der Waals surface area contributed by atoms with Gasteiger partial charge in [-0.2, -0.15) is 0 Å². The highest BCUT2D eigenvalue weighted by atomic mass is 32.2. The van der Waals surface area contributed by atoms with Gasteiger partial charge in [0.1, 0.15) is 17.8 Å². The van der Waals surface area contributed by atoms with Gasteiger partial charge in [0.05, 0.1) is 17.6 Å². The molecule has 3 aliphatic carbocycles. The molecule has 0 aromatic heterocycles. The van der Waals surface area contributed by atoms with Crippen LogP contribution in [0.2, 0.25) is 0 Å². The number of phenolic OH excluding ortho intramolecular Hbond substituents is 1. The summed E-state index contributed by atoms with van der Waals surface area (Å²) in [6.45, 7) is 9.24. The fourth-order valence-electron chi connectivity index (χ4n) is 8.76. The number of benzene rings is 2. The predicted octanol–water partition coefficient (Wildman–Crippen LogP) is 3.35. The van der Waals surface area contributed by atoms with E-state index in [1.807, 2.05) is 45.0 Å². The Kier molecular flexibility index (Phi) is 7.21. The molecule has 1 amide bonds. The Bertz CT molecular complexity index is 1440. The number of hydrogen-bond acceptors (Lipinski definition) is 8. The third kappa shape index (κ3) is 3.96. The smallest absolute Gasteiger partial charge is 0.230 e. The lowest BCUT2D eigenvalue weighted by molar-refractivity contribution is -0.265. The molecule has 5 rings (SSSR count). The van der Waals surface area contributed by atoms with Crippen molar-refractivity contribution in [1.82, 2.24) is 0 Å². The summed E-state index contributed by atoms with van der Waals surface area (Å²) in [6.07, 6.45) is -2.95. The van der Waals surface area contributed by atoms with Crippen LogP contribution in [-0.4, -0.2) is 61.5 Å². The van der Waals surface area contributed by atoms with E-state index in [-0.39, 0.29) is 30.1 Å². The van der Waals surface area contributed by atoms with E-state index in [9.17, 15) is 34.8 Å². The first-order valence-corrected chi connectivity index (χ1v) is 15.2. The standard InChI is InChI=1S/C32H39NO7S/c1-6-41-20-10-8-7-9-17(20)16-11-12-19(34)21-18(16)13-30(4)14-31(5)23(15(2)3)26(36)22(29(33)39)27(37)32(31,40)28(38)24(30)25(21)35/h7-12,15,22-24,26,28,34,36,38,40H,6,13-14H2,1-5H3,(H2,33,39)/t22?,23-,24?,26?,28?,30+,31+,32-/m0/s1. The maximum Gasteiger partial charge on any atom is 0.230 e. The molecule has 2 aromatic rings. The van der Waals surface area contributed by atoms with Gasteiger partial charge in [-0.15, -0.1) is 11.8 Å². The number of aliphatic hydroxyl groups excluding tert-OH is 2. The van der Waals surface area contributed by atoms with Crippen molar-refractivity contribution in [2.75, 3.05) is 5.75 Å². The van der Waals surface area contributed by atoms with Gasteiger partial charge in [0.2, 0.25) is 5.91 Å². The number of primary amides is 1. The number of phenols is 1. The van der Waals surface area contributed by atoms with Gasteiger partial charge in [-0.1, -0.05) is 58.9 Å². The number of amides is 1. The zero-order valence-electron chi connectivity index (χ0n) is 24.0. The van der Waals surface area contributed by atoms with Gasteiger partial charge in [-0.3, -0.25) is 14.4 Å². The molecule has 4 unspecified atom stereocenters. The molecular formula is C32H39NO7S. The van der Waals surface area contributed by atoms with E-state index in [4.69, 9.17) is 5.73 Å². The van der Waals surface area contributed by atoms with Crippen molar-refractivity contribution in [2.45, 2.75) is 70.2 Å². The van der Waals surface area contributed by atoms with Crippen LogP contribution in [0.1, 0.15) is 57.0 Å². The van der Waals surface area contributed by atoms with E-state index < -0.39 is 63.9 Å². The van der Waals surface area contributed by atoms with Crippen molar-refractivity contribution >= 4 is 29.2 Å². The van der Waals surface area contributed by atoms with E-state index in [0.717, 1.165) is 21.8 Å². The van der Waals surface area contributed by atoms with E-state index in [2.05, 4.69) is 6.92 Å². The highest BCUT2D eigenvalue weighted by Crippen LogP contribution is 2.66. The van der Waals surface area contributed by atoms with Gasteiger partial charge in [-0.25, -0.2) is 0 Å². The maximum absolute atomic E-state index is 14.3. The molecule has 6 N–H and O–H groups in total.